The SMILES string of the molecule is CCC1(c2ccccc2)N=C(N)N(C)C1=O.O=C(O)C(F)(F)F. The summed E-state index contributed by atoms with van der Waals surface area (Å²) >= 11 is 0. The van der Waals surface area contributed by atoms with Crippen LogP contribution in [0.2, 0.25) is 0 Å². The number of amides is 1. The molecule has 9 heteroatoms. The predicted molar refractivity (Wildman–Crippen MR) is 76.5 cm³/mol. The second-order valence-electron chi connectivity index (χ2n) is 4.72. The van der Waals surface area contributed by atoms with Crippen LogP contribution in [0, 0.1) is 0 Å². The molecule has 1 aromatic carbocycles. The Morgan fingerprint density at radius 1 is 1.35 bits per heavy atom. The number of carboxylic acids is 1. The average molecular weight is 331 g/mol. The van der Waals surface area contributed by atoms with E-state index in [9.17, 15) is 18.0 Å². The summed E-state index contributed by atoms with van der Waals surface area (Å²) in [5.74, 6) is -2.53. The van der Waals surface area contributed by atoms with Gasteiger partial charge in [0, 0.05) is 7.05 Å². The summed E-state index contributed by atoms with van der Waals surface area (Å²) < 4.78 is 31.7. The number of nitrogens with zero attached hydrogens (tertiary/aromatic N) is 2. The molecule has 1 unspecified atom stereocenters. The van der Waals surface area contributed by atoms with Gasteiger partial charge in [-0.2, -0.15) is 13.2 Å². The van der Waals surface area contributed by atoms with E-state index in [0.717, 1.165) is 5.56 Å². The minimum Gasteiger partial charge on any atom is -0.475 e. The van der Waals surface area contributed by atoms with Crippen molar-refractivity contribution in [3.05, 3.63) is 35.9 Å². The molecule has 1 aliphatic rings. The van der Waals surface area contributed by atoms with E-state index >= 15 is 0 Å². The third-order valence-electron chi connectivity index (χ3n) is 3.31. The number of carbonyl (C=O) groups is 2. The van der Waals surface area contributed by atoms with E-state index < -0.39 is 17.7 Å². The number of likely N-dealkylation sites (N-methyl/N-ethyl adjacent to an activating group) is 1. The van der Waals surface area contributed by atoms with Crippen molar-refractivity contribution in [3.63, 3.8) is 0 Å². The second-order valence-corrected chi connectivity index (χ2v) is 4.72. The number of nitrogens with two attached hydrogens (primary N) is 1. The highest BCUT2D eigenvalue weighted by atomic mass is 19.4. The number of guanidine groups is 1. The molecular formula is C14H16F3N3O3. The number of halogens is 3. The lowest BCUT2D eigenvalue weighted by atomic mass is 9.87. The Labute approximate surface area is 130 Å². The first-order chi connectivity index (χ1) is 10.6. The third-order valence-corrected chi connectivity index (χ3v) is 3.31. The van der Waals surface area contributed by atoms with Crippen LogP contribution in [0.3, 0.4) is 0 Å². The van der Waals surface area contributed by atoms with Crippen LogP contribution in [-0.2, 0) is 15.1 Å². The van der Waals surface area contributed by atoms with Crippen molar-refractivity contribution in [1.82, 2.24) is 4.90 Å². The molecule has 2 rings (SSSR count). The summed E-state index contributed by atoms with van der Waals surface area (Å²) in [6.07, 6.45) is -4.47. The van der Waals surface area contributed by atoms with E-state index in [-0.39, 0.29) is 11.9 Å². The standard InChI is InChI=1S/C12H15N3O.C2HF3O2/c1-3-12(9-7-5-4-6-8-9)10(16)15(2)11(13)14-12;3-2(4,5)1(6)7/h4-8H,3H2,1-2H3,(H2,13,14);(H,6,7). The van der Waals surface area contributed by atoms with Gasteiger partial charge in [-0.25, -0.2) is 9.79 Å². The molecule has 3 N–H and O–H groups in total. The molecule has 0 spiro atoms. The lowest BCUT2D eigenvalue weighted by molar-refractivity contribution is -0.192. The number of alkyl halides is 3. The first-order valence-electron chi connectivity index (χ1n) is 6.55. The molecule has 1 amide bonds. The molecule has 6 nitrogen and oxygen atoms in total. The largest absolute Gasteiger partial charge is 0.490 e. The van der Waals surface area contributed by atoms with Crippen molar-refractivity contribution in [2.24, 2.45) is 10.7 Å². The Morgan fingerprint density at radius 2 is 1.83 bits per heavy atom. The Bertz CT molecular complexity index is 617. The molecule has 23 heavy (non-hydrogen) atoms. The monoisotopic (exact) mass is 331 g/mol. The summed E-state index contributed by atoms with van der Waals surface area (Å²) in [6, 6.07) is 9.56. The quantitative estimate of drug-likeness (QED) is 0.862. The van der Waals surface area contributed by atoms with Crippen LogP contribution in [0.1, 0.15) is 18.9 Å². The third kappa shape index (κ3) is 3.79. The Hall–Kier alpha value is -2.58. The van der Waals surface area contributed by atoms with E-state index in [2.05, 4.69) is 4.99 Å². The van der Waals surface area contributed by atoms with Crippen LogP contribution in [0.4, 0.5) is 13.2 Å². The zero-order chi connectivity index (χ0) is 17.8. The van der Waals surface area contributed by atoms with Crippen molar-refractivity contribution < 1.29 is 27.9 Å². The Balaban J connectivity index is 0.000000322. The van der Waals surface area contributed by atoms with Gasteiger partial charge in [-0.05, 0) is 12.0 Å². The molecule has 0 aromatic heterocycles. The van der Waals surface area contributed by atoms with Crippen molar-refractivity contribution in [1.29, 1.82) is 0 Å². The maximum absolute atomic E-state index is 12.2. The van der Waals surface area contributed by atoms with E-state index in [4.69, 9.17) is 15.6 Å². The van der Waals surface area contributed by atoms with Crippen molar-refractivity contribution in [2.75, 3.05) is 7.05 Å². The Morgan fingerprint density at radius 3 is 2.13 bits per heavy atom. The highest BCUT2D eigenvalue weighted by Gasteiger charge is 2.46. The van der Waals surface area contributed by atoms with Gasteiger partial charge in [0.15, 0.2) is 11.5 Å². The summed E-state index contributed by atoms with van der Waals surface area (Å²) in [6.45, 7) is 1.95. The summed E-state index contributed by atoms with van der Waals surface area (Å²) in [7, 11) is 1.65. The maximum atomic E-state index is 12.2. The predicted octanol–water partition coefficient (Wildman–Crippen LogP) is 1.71. The number of carbonyl (C=O) groups excluding carboxylic acids is 1. The average Bonchev–Trinajstić information content (AvgIpc) is 2.73. The lowest BCUT2D eigenvalue weighted by Crippen LogP contribution is -2.40. The minimum absolute atomic E-state index is 0.0568. The normalized spacial score (nSPS) is 20.7. The van der Waals surface area contributed by atoms with E-state index in [0.29, 0.717) is 6.42 Å². The van der Waals surface area contributed by atoms with Gasteiger partial charge in [0.05, 0.1) is 0 Å². The van der Waals surface area contributed by atoms with Crippen molar-refractivity contribution in [2.45, 2.75) is 25.1 Å². The number of rotatable bonds is 2. The molecule has 0 saturated carbocycles. The van der Waals surface area contributed by atoms with Gasteiger partial charge in [-0.15, -0.1) is 0 Å². The van der Waals surface area contributed by atoms with Crippen LogP contribution in [0.15, 0.2) is 35.3 Å². The number of benzene rings is 1. The van der Waals surface area contributed by atoms with Gasteiger partial charge < -0.3 is 10.8 Å². The van der Waals surface area contributed by atoms with Crippen LogP contribution in [0.5, 0.6) is 0 Å². The minimum atomic E-state index is -5.08. The number of hydrogen-bond acceptors (Lipinski definition) is 4. The summed E-state index contributed by atoms with van der Waals surface area (Å²) in [5, 5.41) is 7.12. The molecule has 0 bridgehead atoms. The maximum Gasteiger partial charge on any atom is 0.490 e. The summed E-state index contributed by atoms with van der Waals surface area (Å²) in [5.41, 5.74) is 5.79. The molecule has 0 saturated heterocycles. The number of carboxylic acid groups (broad SMARTS) is 1. The molecule has 0 fully saturated rings. The van der Waals surface area contributed by atoms with Gasteiger partial charge >= 0.3 is 12.1 Å². The fourth-order valence-electron chi connectivity index (χ4n) is 2.04. The zero-order valence-electron chi connectivity index (χ0n) is 12.5. The second kappa shape index (κ2) is 6.67. The van der Waals surface area contributed by atoms with Crippen molar-refractivity contribution in [3.8, 4) is 0 Å². The molecule has 0 aliphatic carbocycles. The first-order valence-corrected chi connectivity index (χ1v) is 6.55. The fraction of sp³-hybridized carbons (Fsp3) is 0.357. The van der Waals surface area contributed by atoms with Gasteiger partial charge in [0.2, 0.25) is 0 Å². The molecule has 0 radical (unpaired) electrons. The summed E-state index contributed by atoms with van der Waals surface area (Å²) in [4.78, 5) is 26.9. The molecule has 1 heterocycles. The molecule has 1 aliphatic heterocycles. The number of aliphatic carboxylic acids is 1. The highest BCUT2D eigenvalue weighted by molar-refractivity contribution is 6.06. The van der Waals surface area contributed by atoms with Crippen LogP contribution < -0.4 is 5.73 Å². The number of hydrogen-bond donors (Lipinski definition) is 2. The van der Waals surface area contributed by atoms with Crippen molar-refractivity contribution >= 4 is 17.8 Å². The topological polar surface area (TPSA) is 96.0 Å². The molecule has 1 aromatic rings. The van der Waals surface area contributed by atoms with Gasteiger partial charge in [0.1, 0.15) is 0 Å². The van der Waals surface area contributed by atoms with Crippen LogP contribution in [0.25, 0.3) is 0 Å². The smallest absolute Gasteiger partial charge is 0.475 e. The highest BCUT2D eigenvalue weighted by Crippen LogP contribution is 2.35. The van der Waals surface area contributed by atoms with E-state index in [1.54, 1.807) is 7.05 Å². The molecule has 126 valence electrons. The fourth-order valence-corrected chi connectivity index (χ4v) is 2.04. The molecular weight excluding hydrogens is 315 g/mol. The van der Waals surface area contributed by atoms with Gasteiger partial charge in [0.25, 0.3) is 5.91 Å². The van der Waals surface area contributed by atoms with Gasteiger partial charge in [-0.1, -0.05) is 37.3 Å². The molecule has 1 atom stereocenters. The lowest BCUT2D eigenvalue weighted by Gasteiger charge is -2.23. The van der Waals surface area contributed by atoms with Crippen LogP contribution >= 0.6 is 0 Å². The zero-order valence-corrected chi connectivity index (χ0v) is 12.5. The van der Waals surface area contributed by atoms with Gasteiger partial charge in [-0.3, -0.25) is 9.69 Å². The van der Waals surface area contributed by atoms with E-state index in [1.165, 1.54) is 4.90 Å². The van der Waals surface area contributed by atoms with Crippen LogP contribution in [-0.4, -0.2) is 41.1 Å². The van der Waals surface area contributed by atoms with E-state index in [1.807, 2.05) is 37.3 Å². The number of aliphatic imine (C=N–C) groups is 1. The Kier molecular flexibility index (Phi) is 5.36. The first kappa shape index (κ1) is 18.5.